The summed E-state index contributed by atoms with van der Waals surface area (Å²) in [7, 11) is 1.35. The highest BCUT2D eigenvalue weighted by Gasteiger charge is 2.11. The van der Waals surface area contributed by atoms with Crippen LogP contribution < -0.4 is 10.1 Å². The second-order valence-electron chi connectivity index (χ2n) is 3.62. The van der Waals surface area contributed by atoms with E-state index in [4.69, 9.17) is 16.3 Å². The molecule has 2 aromatic rings. The maximum absolute atomic E-state index is 13.6. The Morgan fingerprint density at radius 1 is 1.16 bits per heavy atom. The van der Waals surface area contributed by atoms with Gasteiger partial charge >= 0.3 is 6.01 Å². The van der Waals surface area contributed by atoms with E-state index in [1.807, 2.05) is 0 Å². The molecule has 1 aromatic heterocycles. The smallest absolute Gasteiger partial charge is 0.322 e. The van der Waals surface area contributed by atoms with Gasteiger partial charge in [-0.05, 0) is 30.2 Å². The first kappa shape index (κ1) is 13.4. The van der Waals surface area contributed by atoms with E-state index >= 15 is 0 Å². The van der Waals surface area contributed by atoms with Crippen LogP contribution in [0.5, 0.6) is 6.01 Å². The van der Waals surface area contributed by atoms with Gasteiger partial charge in [-0.1, -0.05) is 0 Å². The summed E-state index contributed by atoms with van der Waals surface area (Å²) in [5, 5.41) is 2.39. The number of benzene rings is 1. The molecule has 2 rings (SSSR count). The zero-order valence-corrected chi connectivity index (χ0v) is 10.8. The van der Waals surface area contributed by atoms with E-state index in [1.165, 1.54) is 14.0 Å². The molecule has 0 bridgehead atoms. The molecule has 0 aliphatic rings. The molecular weight excluding hydrogens is 278 g/mol. The van der Waals surface area contributed by atoms with Gasteiger partial charge in [0.25, 0.3) is 0 Å². The van der Waals surface area contributed by atoms with E-state index in [2.05, 4.69) is 20.3 Å². The SMILES string of the molecule is COc1nc(Cl)nc(Nc2cc(F)c(C)cc2F)n1. The first-order valence-electron chi connectivity index (χ1n) is 5.18. The Labute approximate surface area is 112 Å². The molecule has 0 unspecified atom stereocenters. The van der Waals surface area contributed by atoms with Gasteiger partial charge in [0.2, 0.25) is 11.2 Å². The van der Waals surface area contributed by atoms with Gasteiger partial charge in [0, 0.05) is 6.07 Å². The summed E-state index contributed by atoms with van der Waals surface area (Å²) in [5.74, 6) is -1.22. The van der Waals surface area contributed by atoms with Crippen LogP contribution in [0, 0.1) is 18.6 Å². The number of halogens is 3. The number of ether oxygens (including phenoxy) is 1. The van der Waals surface area contributed by atoms with E-state index in [-0.39, 0.29) is 28.5 Å². The van der Waals surface area contributed by atoms with Gasteiger partial charge in [-0.25, -0.2) is 8.78 Å². The molecule has 0 amide bonds. The minimum atomic E-state index is -0.630. The normalized spacial score (nSPS) is 10.4. The molecule has 0 aliphatic carbocycles. The monoisotopic (exact) mass is 286 g/mol. The first-order chi connectivity index (χ1) is 8.99. The van der Waals surface area contributed by atoms with Crippen LogP contribution in [0.1, 0.15) is 5.56 Å². The number of aromatic nitrogens is 3. The summed E-state index contributed by atoms with van der Waals surface area (Å²) < 4.78 is 31.8. The fourth-order valence-electron chi connectivity index (χ4n) is 1.34. The van der Waals surface area contributed by atoms with Crippen LogP contribution in [0.2, 0.25) is 5.28 Å². The fraction of sp³-hybridized carbons (Fsp3) is 0.182. The lowest BCUT2D eigenvalue weighted by Crippen LogP contribution is -2.03. The molecule has 0 saturated carbocycles. The second kappa shape index (κ2) is 5.31. The molecule has 0 fully saturated rings. The molecule has 0 aliphatic heterocycles. The van der Waals surface area contributed by atoms with Crippen LogP contribution in [-0.2, 0) is 0 Å². The van der Waals surface area contributed by atoms with Crippen molar-refractivity contribution >= 4 is 23.2 Å². The van der Waals surface area contributed by atoms with Crippen LogP contribution in [0.3, 0.4) is 0 Å². The molecule has 1 heterocycles. The van der Waals surface area contributed by atoms with Gasteiger partial charge in [0.05, 0.1) is 12.8 Å². The molecule has 8 heteroatoms. The van der Waals surface area contributed by atoms with Gasteiger partial charge < -0.3 is 10.1 Å². The van der Waals surface area contributed by atoms with Crippen molar-refractivity contribution in [2.45, 2.75) is 6.92 Å². The van der Waals surface area contributed by atoms with Crippen molar-refractivity contribution in [2.75, 3.05) is 12.4 Å². The third kappa shape index (κ3) is 3.05. The Balaban J connectivity index is 2.36. The van der Waals surface area contributed by atoms with E-state index in [0.29, 0.717) is 0 Å². The minimum absolute atomic E-state index is 0.0320. The highest BCUT2D eigenvalue weighted by Crippen LogP contribution is 2.22. The van der Waals surface area contributed by atoms with Crippen molar-refractivity contribution in [3.8, 4) is 6.01 Å². The first-order valence-corrected chi connectivity index (χ1v) is 5.55. The lowest BCUT2D eigenvalue weighted by atomic mass is 10.2. The van der Waals surface area contributed by atoms with Crippen molar-refractivity contribution in [3.05, 3.63) is 34.6 Å². The minimum Gasteiger partial charge on any atom is -0.467 e. The quantitative estimate of drug-likeness (QED) is 0.940. The number of hydrogen-bond donors (Lipinski definition) is 1. The van der Waals surface area contributed by atoms with Gasteiger partial charge in [0.15, 0.2) is 0 Å². The number of rotatable bonds is 3. The molecule has 0 saturated heterocycles. The number of nitrogens with zero attached hydrogens (tertiary/aromatic N) is 3. The van der Waals surface area contributed by atoms with E-state index in [1.54, 1.807) is 0 Å². The molecule has 0 atom stereocenters. The molecule has 1 aromatic carbocycles. The average Bonchev–Trinajstić information content (AvgIpc) is 2.35. The maximum Gasteiger partial charge on any atom is 0.322 e. The summed E-state index contributed by atoms with van der Waals surface area (Å²) in [5.41, 5.74) is 0.0988. The third-order valence-corrected chi connectivity index (χ3v) is 2.43. The molecule has 0 radical (unpaired) electrons. The predicted molar refractivity (Wildman–Crippen MR) is 65.8 cm³/mol. The fourth-order valence-corrected chi connectivity index (χ4v) is 1.49. The van der Waals surface area contributed by atoms with Crippen LogP contribution in [-0.4, -0.2) is 22.1 Å². The highest BCUT2D eigenvalue weighted by atomic mass is 35.5. The lowest BCUT2D eigenvalue weighted by Gasteiger charge is -2.08. The maximum atomic E-state index is 13.6. The van der Waals surface area contributed by atoms with Crippen molar-refractivity contribution in [2.24, 2.45) is 0 Å². The number of hydrogen-bond acceptors (Lipinski definition) is 5. The number of methoxy groups -OCH3 is 1. The summed E-state index contributed by atoms with van der Waals surface area (Å²) in [4.78, 5) is 11.2. The lowest BCUT2D eigenvalue weighted by molar-refractivity contribution is 0.379. The standard InChI is InChI=1S/C11H9ClF2N4O/c1-5-3-7(14)8(4-6(5)13)15-10-16-9(12)17-11(18-10)19-2/h3-4H,1-2H3,(H,15,16,17,18). The largest absolute Gasteiger partial charge is 0.467 e. The number of nitrogens with one attached hydrogen (secondary N) is 1. The van der Waals surface area contributed by atoms with E-state index < -0.39 is 11.6 Å². The van der Waals surface area contributed by atoms with Gasteiger partial charge in [-0.3, -0.25) is 0 Å². The Morgan fingerprint density at radius 2 is 1.89 bits per heavy atom. The van der Waals surface area contributed by atoms with Crippen LogP contribution in [0.25, 0.3) is 0 Å². The zero-order valence-electron chi connectivity index (χ0n) is 10.0. The van der Waals surface area contributed by atoms with Crippen LogP contribution >= 0.6 is 11.6 Å². The molecule has 0 spiro atoms. The highest BCUT2D eigenvalue weighted by molar-refractivity contribution is 6.28. The predicted octanol–water partition coefficient (Wildman–Crippen LogP) is 2.86. The molecule has 19 heavy (non-hydrogen) atoms. The third-order valence-electron chi connectivity index (χ3n) is 2.26. The van der Waals surface area contributed by atoms with Crippen molar-refractivity contribution in [3.63, 3.8) is 0 Å². The summed E-state index contributed by atoms with van der Waals surface area (Å²) in [6.07, 6.45) is 0. The summed E-state index contributed by atoms with van der Waals surface area (Å²) >= 11 is 5.64. The Bertz CT molecular complexity index is 624. The molecule has 100 valence electrons. The van der Waals surface area contributed by atoms with E-state index in [0.717, 1.165) is 12.1 Å². The van der Waals surface area contributed by atoms with Gasteiger partial charge in [-0.15, -0.1) is 0 Å². The van der Waals surface area contributed by atoms with Crippen LogP contribution in [0.4, 0.5) is 20.4 Å². The molecule has 1 N–H and O–H groups in total. The molecular formula is C11H9ClF2N4O. The number of anilines is 2. The van der Waals surface area contributed by atoms with Crippen molar-refractivity contribution in [1.29, 1.82) is 0 Å². The summed E-state index contributed by atoms with van der Waals surface area (Å²) in [6, 6.07) is 2.04. The van der Waals surface area contributed by atoms with E-state index in [9.17, 15) is 8.78 Å². The Kier molecular flexibility index (Phi) is 3.75. The van der Waals surface area contributed by atoms with Gasteiger partial charge in [0.1, 0.15) is 11.6 Å². The van der Waals surface area contributed by atoms with Crippen LogP contribution in [0.15, 0.2) is 12.1 Å². The zero-order chi connectivity index (χ0) is 14.0. The second-order valence-corrected chi connectivity index (χ2v) is 3.96. The molecule has 5 nitrogen and oxygen atoms in total. The van der Waals surface area contributed by atoms with Crippen molar-refractivity contribution < 1.29 is 13.5 Å². The summed E-state index contributed by atoms with van der Waals surface area (Å²) in [6.45, 7) is 1.46. The topological polar surface area (TPSA) is 59.9 Å². The number of aryl methyl sites for hydroxylation is 1. The average molecular weight is 287 g/mol. The Hall–Kier alpha value is -2.02. The van der Waals surface area contributed by atoms with Crippen molar-refractivity contribution in [1.82, 2.24) is 15.0 Å². The van der Waals surface area contributed by atoms with Gasteiger partial charge in [-0.2, -0.15) is 15.0 Å². The Morgan fingerprint density at radius 3 is 2.58 bits per heavy atom.